The van der Waals surface area contributed by atoms with Crippen LogP contribution in [0.15, 0.2) is 60.9 Å². The van der Waals surface area contributed by atoms with Gasteiger partial charge in [0, 0.05) is 50.8 Å². The topological polar surface area (TPSA) is 44.6 Å². The molecule has 1 fully saturated rings. The first-order valence-corrected chi connectivity index (χ1v) is 10.3. The molecule has 3 heterocycles. The van der Waals surface area contributed by atoms with Crippen LogP contribution in [0.3, 0.4) is 0 Å². The van der Waals surface area contributed by atoms with E-state index in [9.17, 15) is 9.18 Å². The van der Waals surface area contributed by atoms with Gasteiger partial charge in [-0.05, 0) is 30.2 Å². The quantitative estimate of drug-likeness (QED) is 0.670. The Morgan fingerprint density at radius 3 is 2.47 bits per heavy atom. The lowest BCUT2D eigenvalue weighted by Gasteiger charge is -2.35. The minimum absolute atomic E-state index is 0.154. The van der Waals surface area contributed by atoms with E-state index in [0.717, 1.165) is 50.8 Å². The number of carbonyl (C=O) groups is 1. The Morgan fingerprint density at radius 1 is 0.933 bits per heavy atom. The molecule has 2 aliphatic heterocycles. The number of nitrogens with zero attached hydrogens (tertiary/aromatic N) is 5. The lowest BCUT2D eigenvalue weighted by atomic mass is 10.2. The van der Waals surface area contributed by atoms with E-state index in [2.05, 4.69) is 20.9 Å². The predicted molar refractivity (Wildman–Crippen MR) is 115 cm³/mol. The van der Waals surface area contributed by atoms with E-state index < -0.39 is 0 Å². The number of imidazole rings is 1. The van der Waals surface area contributed by atoms with E-state index in [4.69, 9.17) is 0 Å². The molecule has 3 aromatic rings. The number of anilines is 2. The summed E-state index contributed by atoms with van der Waals surface area (Å²) in [7, 11) is 0. The Bertz CT molecular complexity index is 1060. The molecule has 0 aliphatic carbocycles. The highest BCUT2D eigenvalue weighted by Gasteiger charge is 2.28. The first-order valence-electron chi connectivity index (χ1n) is 10.3. The number of halogens is 1. The summed E-state index contributed by atoms with van der Waals surface area (Å²) in [5, 5.41) is 0. The summed E-state index contributed by atoms with van der Waals surface area (Å²) in [5.74, 6) is 0.618. The molecule has 7 heteroatoms. The van der Waals surface area contributed by atoms with E-state index in [1.807, 2.05) is 29.2 Å². The minimum atomic E-state index is -0.271. The van der Waals surface area contributed by atoms with E-state index >= 15 is 0 Å². The van der Waals surface area contributed by atoms with Gasteiger partial charge in [-0.1, -0.05) is 30.3 Å². The number of carbonyl (C=O) groups excluding carboxylic acids is 1. The van der Waals surface area contributed by atoms with E-state index in [1.165, 1.54) is 11.6 Å². The van der Waals surface area contributed by atoms with Crippen LogP contribution in [-0.2, 0) is 11.2 Å². The van der Waals surface area contributed by atoms with E-state index in [-0.39, 0.29) is 11.7 Å². The van der Waals surface area contributed by atoms with Crippen molar-refractivity contribution in [2.24, 2.45) is 0 Å². The Balaban J connectivity index is 1.23. The maximum atomic E-state index is 14.2. The Hall–Kier alpha value is -3.19. The van der Waals surface area contributed by atoms with Crippen LogP contribution in [0.4, 0.5) is 16.0 Å². The van der Waals surface area contributed by atoms with Crippen LogP contribution in [0.1, 0.15) is 5.56 Å². The van der Waals surface area contributed by atoms with Gasteiger partial charge in [-0.15, -0.1) is 0 Å². The second-order valence-corrected chi connectivity index (χ2v) is 7.74. The van der Waals surface area contributed by atoms with Crippen molar-refractivity contribution in [3.05, 3.63) is 72.3 Å². The molecule has 0 bridgehead atoms. The number of para-hydroxylation sites is 2. The zero-order valence-electron chi connectivity index (χ0n) is 16.7. The largest absolute Gasteiger partial charge is 0.339 e. The molecule has 6 nitrogen and oxygen atoms in total. The van der Waals surface area contributed by atoms with Gasteiger partial charge in [0.2, 0.25) is 11.9 Å². The molecule has 0 N–H and O–H groups in total. The summed E-state index contributed by atoms with van der Waals surface area (Å²) in [4.78, 5) is 23.6. The molecule has 5 rings (SSSR count). The lowest BCUT2D eigenvalue weighted by molar-refractivity contribution is -0.119. The third-order valence-corrected chi connectivity index (χ3v) is 5.94. The van der Waals surface area contributed by atoms with Gasteiger partial charge >= 0.3 is 0 Å². The summed E-state index contributed by atoms with van der Waals surface area (Å²) in [5.41, 5.74) is 2.79. The maximum Gasteiger partial charge on any atom is 0.241 e. The van der Waals surface area contributed by atoms with Crippen molar-refractivity contribution in [1.82, 2.24) is 14.5 Å². The van der Waals surface area contributed by atoms with Gasteiger partial charge < -0.3 is 9.80 Å². The van der Waals surface area contributed by atoms with Crippen LogP contribution in [0, 0.1) is 5.82 Å². The molecular formula is C23H24FN5O. The Morgan fingerprint density at radius 2 is 1.67 bits per heavy atom. The van der Waals surface area contributed by atoms with Gasteiger partial charge in [0.05, 0.1) is 12.2 Å². The van der Waals surface area contributed by atoms with Crippen molar-refractivity contribution in [2.45, 2.75) is 6.42 Å². The van der Waals surface area contributed by atoms with Crippen molar-refractivity contribution in [2.75, 3.05) is 49.1 Å². The molecule has 2 aliphatic rings. The highest BCUT2D eigenvalue weighted by atomic mass is 19.1. The monoisotopic (exact) mass is 405 g/mol. The summed E-state index contributed by atoms with van der Waals surface area (Å²) in [6.07, 6.45) is 4.41. The van der Waals surface area contributed by atoms with Crippen molar-refractivity contribution >= 4 is 17.5 Å². The number of hydrogen-bond acceptors (Lipinski definition) is 4. The molecule has 0 radical (unpaired) electrons. The standard InChI is InChI=1S/C23H24FN5O/c24-19-6-2-4-8-21(19)29-12-10-25-23(29)27-15-13-26(14-16-27)17-22(30)28-11-9-18-5-1-3-7-20(18)28/h1-8,10,12H,9,11,13-17H2. The van der Waals surface area contributed by atoms with Crippen LogP contribution in [0.2, 0.25) is 0 Å². The zero-order valence-corrected chi connectivity index (χ0v) is 16.7. The first kappa shape index (κ1) is 18.8. The highest BCUT2D eigenvalue weighted by Crippen LogP contribution is 2.28. The van der Waals surface area contributed by atoms with Gasteiger partial charge in [0.25, 0.3) is 0 Å². The molecule has 0 unspecified atom stereocenters. The second-order valence-electron chi connectivity index (χ2n) is 7.74. The summed E-state index contributed by atoms with van der Waals surface area (Å²) >= 11 is 0. The minimum Gasteiger partial charge on any atom is -0.339 e. The number of fused-ring (bicyclic) bond motifs is 1. The van der Waals surface area contributed by atoms with E-state index in [1.54, 1.807) is 29.1 Å². The summed E-state index contributed by atoms with van der Waals surface area (Å²) in [6.45, 7) is 4.21. The normalized spacial score (nSPS) is 16.7. The Kier molecular flexibility index (Phi) is 4.96. The zero-order chi connectivity index (χ0) is 20.5. The van der Waals surface area contributed by atoms with Crippen molar-refractivity contribution in [3.8, 4) is 5.69 Å². The number of benzene rings is 2. The number of hydrogen-bond donors (Lipinski definition) is 0. The van der Waals surface area contributed by atoms with Gasteiger partial charge in [0.15, 0.2) is 0 Å². The fourth-order valence-electron chi connectivity index (χ4n) is 4.34. The fourth-order valence-corrected chi connectivity index (χ4v) is 4.34. The van der Waals surface area contributed by atoms with Gasteiger partial charge in [0.1, 0.15) is 5.82 Å². The predicted octanol–water partition coefficient (Wildman–Crippen LogP) is 2.72. The van der Waals surface area contributed by atoms with Crippen LogP contribution >= 0.6 is 0 Å². The third kappa shape index (κ3) is 3.45. The third-order valence-electron chi connectivity index (χ3n) is 5.94. The molecule has 0 saturated carbocycles. The average molecular weight is 405 g/mol. The fraction of sp³-hybridized carbons (Fsp3) is 0.304. The molecule has 30 heavy (non-hydrogen) atoms. The van der Waals surface area contributed by atoms with Crippen molar-refractivity contribution in [1.29, 1.82) is 0 Å². The van der Waals surface area contributed by atoms with Crippen molar-refractivity contribution < 1.29 is 9.18 Å². The van der Waals surface area contributed by atoms with Crippen LogP contribution < -0.4 is 9.80 Å². The summed E-state index contributed by atoms with van der Waals surface area (Å²) < 4.78 is 16.0. The second kappa shape index (κ2) is 7.91. The van der Waals surface area contributed by atoms with Crippen LogP contribution in [0.5, 0.6) is 0 Å². The van der Waals surface area contributed by atoms with Crippen LogP contribution in [-0.4, -0.2) is 59.6 Å². The first-order chi connectivity index (χ1) is 14.7. The smallest absolute Gasteiger partial charge is 0.241 e. The molecule has 1 aromatic heterocycles. The number of aromatic nitrogens is 2. The molecule has 0 spiro atoms. The number of rotatable bonds is 4. The molecule has 154 valence electrons. The van der Waals surface area contributed by atoms with Crippen LogP contribution in [0.25, 0.3) is 5.69 Å². The Labute approximate surface area is 175 Å². The van der Waals surface area contributed by atoms with Crippen molar-refractivity contribution in [3.63, 3.8) is 0 Å². The lowest BCUT2D eigenvalue weighted by Crippen LogP contribution is -2.50. The average Bonchev–Trinajstić information content (AvgIpc) is 3.42. The SMILES string of the molecule is O=C(CN1CCN(c2nccn2-c2ccccc2F)CC1)N1CCc2ccccc21. The number of amides is 1. The van der Waals surface area contributed by atoms with E-state index in [0.29, 0.717) is 12.2 Å². The molecule has 1 amide bonds. The van der Waals surface area contributed by atoms with Gasteiger partial charge in [-0.3, -0.25) is 14.3 Å². The van der Waals surface area contributed by atoms with Gasteiger partial charge in [-0.25, -0.2) is 9.37 Å². The number of piperazine rings is 1. The maximum absolute atomic E-state index is 14.2. The highest BCUT2D eigenvalue weighted by molar-refractivity contribution is 5.96. The molecule has 0 atom stereocenters. The molecule has 1 saturated heterocycles. The molecule has 2 aromatic carbocycles. The van der Waals surface area contributed by atoms with Gasteiger partial charge in [-0.2, -0.15) is 0 Å². The molecular weight excluding hydrogens is 381 g/mol. The summed E-state index contributed by atoms with van der Waals surface area (Å²) in [6, 6.07) is 14.9.